The molecule has 4 nitrogen and oxygen atoms in total. The molecule has 130 valence electrons. The van der Waals surface area contributed by atoms with E-state index < -0.39 is 47.8 Å². The van der Waals surface area contributed by atoms with E-state index in [-0.39, 0.29) is 12.2 Å². The standard InChI is InChI=1S/C12H10ClF6NO3/c1-2-22-8(21)3-7-6(4-13)5-20-10(11(14,15)16)9(7)23-12(17,18)19/h5H,2-4H2,1H3. The highest BCUT2D eigenvalue weighted by molar-refractivity contribution is 6.17. The summed E-state index contributed by atoms with van der Waals surface area (Å²) in [6.45, 7) is 1.34. The van der Waals surface area contributed by atoms with Crippen LogP contribution in [0.25, 0.3) is 0 Å². The summed E-state index contributed by atoms with van der Waals surface area (Å²) in [6.07, 6.45) is -10.8. The molecule has 0 spiro atoms. The highest BCUT2D eigenvalue weighted by atomic mass is 35.5. The quantitative estimate of drug-likeness (QED) is 0.452. The molecule has 11 heteroatoms. The van der Waals surface area contributed by atoms with Crippen LogP contribution < -0.4 is 4.74 Å². The van der Waals surface area contributed by atoms with Gasteiger partial charge in [0.2, 0.25) is 0 Å². The maximum Gasteiger partial charge on any atom is 0.573 e. The van der Waals surface area contributed by atoms with Crippen LogP contribution in [-0.4, -0.2) is 23.9 Å². The van der Waals surface area contributed by atoms with E-state index in [1.165, 1.54) is 6.92 Å². The monoisotopic (exact) mass is 365 g/mol. The number of alkyl halides is 7. The fourth-order valence-corrected chi connectivity index (χ4v) is 1.89. The van der Waals surface area contributed by atoms with Crippen LogP contribution in [0, 0.1) is 0 Å². The van der Waals surface area contributed by atoms with E-state index in [1.54, 1.807) is 0 Å². The Morgan fingerprint density at radius 2 is 1.87 bits per heavy atom. The van der Waals surface area contributed by atoms with Gasteiger partial charge in [0.05, 0.1) is 13.0 Å². The first-order valence-corrected chi connectivity index (χ1v) is 6.58. The average Bonchev–Trinajstić information content (AvgIpc) is 2.37. The molecule has 23 heavy (non-hydrogen) atoms. The minimum Gasteiger partial charge on any atom is -0.466 e. The molecule has 0 N–H and O–H groups in total. The van der Waals surface area contributed by atoms with Crippen molar-refractivity contribution < 1.29 is 40.6 Å². The van der Waals surface area contributed by atoms with Gasteiger partial charge < -0.3 is 9.47 Å². The predicted molar refractivity (Wildman–Crippen MR) is 65.8 cm³/mol. The second kappa shape index (κ2) is 7.24. The molecule has 0 saturated carbocycles. The van der Waals surface area contributed by atoms with Gasteiger partial charge >= 0.3 is 18.5 Å². The maximum atomic E-state index is 12.9. The summed E-state index contributed by atoms with van der Waals surface area (Å²) in [6, 6.07) is 0. The summed E-state index contributed by atoms with van der Waals surface area (Å²) < 4.78 is 83.9. The average molecular weight is 366 g/mol. The Balaban J connectivity index is 3.50. The van der Waals surface area contributed by atoms with Crippen LogP contribution in [0.5, 0.6) is 5.75 Å². The number of ether oxygens (including phenoxy) is 2. The molecule has 1 rings (SSSR count). The molecule has 0 radical (unpaired) electrons. The Labute approximate surface area is 131 Å². The lowest BCUT2D eigenvalue weighted by Crippen LogP contribution is -2.24. The van der Waals surface area contributed by atoms with Crippen LogP contribution >= 0.6 is 11.6 Å². The van der Waals surface area contributed by atoms with Crippen molar-refractivity contribution >= 4 is 17.6 Å². The van der Waals surface area contributed by atoms with E-state index in [9.17, 15) is 31.1 Å². The van der Waals surface area contributed by atoms with Crippen LogP contribution in [0.2, 0.25) is 0 Å². The number of rotatable bonds is 5. The van der Waals surface area contributed by atoms with Crippen molar-refractivity contribution in [1.82, 2.24) is 4.98 Å². The van der Waals surface area contributed by atoms with Crippen molar-refractivity contribution in [3.8, 4) is 5.75 Å². The molecule has 0 bridgehead atoms. The molecule has 1 aromatic rings. The Morgan fingerprint density at radius 3 is 2.30 bits per heavy atom. The van der Waals surface area contributed by atoms with E-state index in [0.717, 1.165) is 0 Å². The Bertz CT molecular complexity index is 573. The number of esters is 1. The molecule has 0 unspecified atom stereocenters. The first-order valence-electron chi connectivity index (χ1n) is 6.04. The summed E-state index contributed by atoms with van der Waals surface area (Å²) in [4.78, 5) is 14.4. The molecule has 0 saturated heterocycles. The topological polar surface area (TPSA) is 48.4 Å². The molecule has 0 fully saturated rings. The molecule has 0 aliphatic heterocycles. The zero-order valence-corrected chi connectivity index (χ0v) is 12.3. The van der Waals surface area contributed by atoms with Gasteiger partial charge in [0.25, 0.3) is 0 Å². The van der Waals surface area contributed by atoms with Gasteiger partial charge in [-0.05, 0) is 12.5 Å². The third-order valence-corrected chi connectivity index (χ3v) is 2.77. The number of carbonyl (C=O) groups is 1. The van der Waals surface area contributed by atoms with Gasteiger partial charge in [-0.1, -0.05) is 0 Å². The van der Waals surface area contributed by atoms with Crippen LogP contribution in [0.15, 0.2) is 6.20 Å². The normalized spacial score (nSPS) is 12.2. The molecule has 1 heterocycles. The zero-order valence-electron chi connectivity index (χ0n) is 11.5. The van der Waals surface area contributed by atoms with Crippen LogP contribution in [0.3, 0.4) is 0 Å². The van der Waals surface area contributed by atoms with Crippen molar-refractivity contribution in [2.24, 2.45) is 0 Å². The lowest BCUT2D eigenvalue weighted by Gasteiger charge is -2.19. The van der Waals surface area contributed by atoms with Crippen LogP contribution in [0.1, 0.15) is 23.7 Å². The Morgan fingerprint density at radius 1 is 1.26 bits per heavy atom. The van der Waals surface area contributed by atoms with Crippen molar-refractivity contribution in [3.05, 3.63) is 23.0 Å². The van der Waals surface area contributed by atoms with Crippen molar-refractivity contribution in [3.63, 3.8) is 0 Å². The zero-order chi connectivity index (χ0) is 17.8. The fourth-order valence-electron chi connectivity index (χ4n) is 1.66. The molecule has 0 amide bonds. The van der Waals surface area contributed by atoms with Gasteiger partial charge in [-0.2, -0.15) is 13.2 Å². The second-order valence-corrected chi connectivity index (χ2v) is 4.37. The summed E-state index contributed by atoms with van der Waals surface area (Å²) in [5.74, 6) is -3.09. The van der Waals surface area contributed by atoms with E-state index in [0.29, 0.717) is 6.20 Å². The minimum absolute atomic E-state index is 0.0955. The Kier molecular flexibility index (Phi) is 6.09. The van der Waals surface area contributed by atoms with Crippen molar-refractivity contribution in [2.75, 3.05) is 6.61 Å². The predicted octanol–water partition coefficient (Wildman–Crippen LogP) is 3.84. The van der Waals surface area contributed by atoms with Crippen molar-refractivity contribution in [2.45, 2.75) is 31.8 Å². The fraction of sp³-hybridized carbons (Fsp3) is 0.500. The molecule has 0 atom stereocenters. The molecular weight excluding hydrogens is 356 g/mol. The lowest BCUT2D eigenvalue weighted by atomic mass is 10.0. The van der Waals surface area contributed by atoms with Gasteiger partial charge in [-0.25, -0.2) is 4.98 Å². The van der Waals surface area contributed by atoms with Gasteiger partial charge in [-0.15, -0.1) is 24.8 Å². The third kappa shape index (κ3) is 5.45. The van der Waals surface area contributed by atoms with E-state index in [2.05, 4.69) is 14.5 Å². The summed E-state index contributed by atoms with van der Waals surface area (Å²) in [5, 5.41) is 0. The molecule has 0 aromatic carbocycles. The second-order valence-electron chi connectivity index (χ2n) is 4.10. The summed E-state index contributed by atoms with van der Waals surface area (Å²) >= 11 is 5.49. The SMILES string of the molecule is CCOC(=O)Cc1c(CCl)cnc(C(F)(F)F)c1OC(F)(F)F. The minimum atomic E-state index is -5.41. The van der Waals surface area contributed by atoms with Gasteiger partial charge in [-0.3, -0.25) is 4.79 Å². The van der Waals surface area contributed by atoms with E-state index >= 15 is 0 Å². The number of nitrogens with zero attached hydrogens (tertiary/aromatic N) is 1. The number of pyridine rings is 1. The maximum absolute atomic E-state index is 12.9. The highest BCUT2D eigenvalue weighted by Gasteiger charge is 2.43. The third-order valence-electron chi connectivity index (χ3n) is 2.48. The number of halogens is 7. The molecule has 0 aliphatic rings. The number of carbonyl (C=O) groups excluding carboxylic acids is 1. The number of hydrogen-bond donors (Lipinski definition) is 0. The van der Waals surface area contributed by atoms with Crippen molar-refractivity contribution in [1.29, 1.82) is 0 Å². The van der Waals surface area contributed by atoms with Gasteiger partial charge in [0.15, 0.2) is 11.4 Å². The van der Waals surface area contributed by atoms with E-state index in [1.807, 2.05) is 0 Å². The van der Waals surface area contributed by atoms with Crippen LogP contribution in [-0.2, 0) is 28.0 Å². The largest absolute Gasteiger partial charge is 0.573 e. The molecule has 0 aliphatic carbocycles. The van der Waals surface area contributed by atoms with Crippen LogP contribution in [0.4, 0.5) is 26.3 Å². The lowest BCUT2D eigenvalue weighted by molar-refractivity contribution is -0.276. The van der Waals surface area contributed by atoms with Gasteiger partial charge in [0.1, 0.15) is 0 Å². The first kappa shape index (κ1) is 19.3. The smallest absolute Gasteiger partial charge is 0.466 e. The number of hydrogen-bond acceptors (Lipinski definition) is 4. The van der Waals surface area contributed by atoms with E-state index in [4.69, 9.17) is 11.6 Å². The Hall–Kier alpha value is -1.71. The first-order chi connectivity index (χ1) is 10.5. The summed E-state index contributed by atoms with van der Waals surface area (Å²) in [7, 11) is 0. The number of aromatic nitrogens is 1. The molecule has 1 aromatic heterocycles. The highest BCUT2D eigenvalue weighted by Crippen LogP contribution is 2.40. The van der Waals surface area contributed by atoms with Gasteiger partial charge in [0, 0.05) is 17.6 Å². The summed E-state index contributed by atoms with van der Waals surface area (Å²) in [5.41, 5.74) is -2.77. The molecular formula is C12H10ClF6NO3.